The molecule has 5 rings (SSSR count). The van der Waals surface area contributed by atoms with E-state index in [1.807, 2.05) is 42.5 Å². The largest absolute Gasteiger partial charge is 0.366 e. The van der Waals surface area contributed by atoms with Gasteiger partial charge in [-0.05, 0) is 46.9 Å². The number of benzene rings is 2. The van der Waals surface area contributed by atoms with Crippen LogP contribution in [0.4, 0.5) is 0 Å². The summed E-state index contributed by atoms with van der Waals surface area (Å²) in [5.41, 5.74) is 12.2. The number of primary amides is 1. The third-order valence-corrected chi connectivity index (χ3v) is 7.75. The molecule has 0 bridgehead atoms. The molecule has 1 amide bonds. The lowest BCUT2D eigenvalue weighted by atomic mass is 9.96. The number of aromatic nitrogens is 3. The second-order valence-corrected chi connectivity index (χ2v) is 10.9. The highest BCUT2D eigenvalue weighted by atomic mass is 32.2. The number of hydrogen-bond donors (Lipinski definition) is 2. The number of rotatable bonds is 6. The van der Waals surface area contributed by atoms with Crippen molar-refractivity contribution in [1.29, 1.82) is 5.26 Å². The van der Waals surface area contributed by atoms with Crippen molar-refractivity contribution >= 4 is 32.4 Å². The summed E-state index contributed by atoms with van der Waals surface area (Å²) in [6.45, 7) is 0.700. The number of fused-ring (bicyclic) bond motifs is 1. The van der Waals surface area contributed by atoms with E-state index in [0.717, 1.165) is 39.0 Å². The molecule has 0 aliphatic carbocycles. The van der Waals surface area contributed by atoms with E-state index in [4.69, 9.17) is 11.0 Å². The smallest absolute Gasteiger partial charge is 0.250 e. The molecule has 0 saturated carbocycles. The van der Waals surface area contributed by atoms with E-state index < -0.39 is 15.9 Å². The van der Waals surface area contributed by atoms with Crippen LogP contribution < -0.4 is 5.73 Å². The molecule has 10 heteroatoms. The Bertz CT molecular complexity index is 1720. The Morgan fingerprint density at radius 1 is 1.22 bits per heavy atom. The maximum absolute atomic E-state index is 12.2. The molecule has 0 saturated heterocycles. The van der Waals surface area contributed by atoms with Crippen LogP contribution >= 0.6 is 0 Å². The molecule has 186 valence electrons. The van der Waals surface area contributed by atoms with E-state index in [1.54, 1.807) is 18.3 Å². The number of amides is 1. The van der Waals surface area contributed by atoms with Gasteiger partial charge in [-0.3, -0.25) is 4.79 Å². The van der Waals surface area contributed by atoms with Gasteiger partial charge >= 0.3 is 0 Å². The number of hydrogen-bond acceptors (Lipinski definition) is 6. The predicted molar refractivity (Wildman–Crippen MR) is 141 cm³/mol. The first kappa shape index (κ1) is 24.4. The Morgan fingerprint density at radius 2 is 2.05 bits per heavy atom. The fraction of sp³-hybridized carbons (Fsp3) is 0.185. The average molecular weight is 513 g/mol. The summed E-state index contributed by atoms with van der Waals surface area (Å²) >= 11 is 0. The lowest BCUT2D eigenvalue weighted by Gasteiger charge is -2.23. The average Bonchev–Trinajstić information content (AvgIpc) is 3.33. The maximum atomic E-state index is 12.2. The number of carbonyl (C=O) groups is 1. The highest BCUT2D eigenvalue weighted by Gasteiger charge is 2.22. The van der Waals surface area contributed by atoms with Crippen LogP contribution in [0.25, 0.3) is 27.6 Å². The van der Waals surface area contributed by atoms with E-state index in [2.05, 4.69) is 21.0 Å². The van der Waals surface area contributed by atoms with E-state index in [9.17, 15) is 13.2 Å². The Morgan fingerprint density at radius 3 is 2.76 bits per heavy atom. The molecule has 0 spiro atoms. The normalized spacial score (nSPS) is 14.3. The Kier molecular flexibility index (Phi) is 6.33. The predicted octanol–water partition coefficient (Wildman–Crippen LogP) is 3.23. The number of carbonyl (C=O) groups excluding carboxylic acids is 1. The van der Waals surface area contributed by atoms with Crippen LogP contribution in [-0.4, -0.2) is 52.9 Å². The molecular weight excluding hydrogens is 488 g/mol. The standard InChI is InChI=1S/C27H24N6O3S/c1-37(35,36)33-11-8-18(9-12-33)24-15-23-21(5-6-22(27(29)34)26(23)32-24)19-4-2-3-17(13-19)14-20-7-10-30-25(16-28)31-20/h2-8,10,13,15,32H,9,11-12,14H2,1H3,(H2,29,34). The van der Waals surface area contributed by atoms with E-state index in [1.165, 1.54) is 10.6 Å². The van der Waals surface area contributed by atoms with Gasteiger partial charge in [0.15, 0.2) is 0 Å². The number of aromatic amines is 1. The Labute approximate surface area is 214 Å². The van der Waals surface area contributed by atoms with Gasteiger partial charge in [-0.15, -0.1) is 0 Å². The lowest BCUT2D eigenvalue weighted by Crippen LogP contribution is -2.33. The summed E-state index contributed by atoms with van der Waals surface area (Å²) in [5.74, 6) is -0.398. The van der Waals surface area contributed by atoms with Crippen molar-refractivity contribution in [2.75, 3.05) is 19.3 Å². The van der Waals surface area contributed by atoms with Gasteiger partial charge in [0.25, 0.3) is 5.91 Å². The van der Waals surface area contributed by atoms with Crippen LogP contribution in [0.3, 0.4) is 0 Å². The first-order valence-electron chi connectivity index (χ1n) is 11.6. The number of sulfonamides is 1. The number of nitrogens with zero attached hydrogens (tertiary/aromatic N) is 4. The first-order valence-corrected chi connectivity index (χ1v) is 13.5. The molecule has 2 aromatic carbocycles. The van der Waals surface area contributed by atoms with Crippen molar-refractivity contribution in [2.45, 2.75) is 12.8 Å². The van der Waals surface area contributed by atoms with Crippen molar-refractivity contribution in [3.63, 3.8) is 0 Å². The molecule has 1 aliphatic heterocycles. The molecule has 3 heterocycles. The molecule has 9 nitrogen and oxygen atoms in total. The monoisotopic (exact) mass is 512 g/mol. The van der Waals surface area contributed by atoms with Gasteiger partial charge in [-0.25, -0.2) is 18.4 Å². The van der Waals surface area contributed by atoms with Crippen LogP contribution in [0.1, 0.15) is 39.6 Å². The molecule has 0 radical (unpaired) electrons. The summed E-state index contributed by atoms with van der Waals surface area (Å²) in [4.78, 5) is 23.7. The molecule has 1 aliphatic rings. The zero-order chi connectivity index (χ0) is 26.2. The van der Waals surface area contributed by atoms with Gasteiger partial charge in [-0.1, -0.05) is 36.4 Å². The number of nitriles is 1. The fourth-order valence-electron chi connectivity index (χ4n) is 4.65. The summed E-state index contributed by atoms with van der Waals surface area (Å²) in [7, 11) is -3.25. The van der Waals surface area contributed by atoms with Crippen molar-refractivity contribution in [1.82, 2.24) is 19.3 Å². The van der Waals surface area contributed by atoms with Crippen molar-refractivity contribution in [3.05, 3.63) is 89.1 Å². The molecule has 3 N–H and O–H groups in total. The zero-order valence-electron chi connectivity index (χ0n) is 20.1. The third-order valence-electron chi connectivity index (χ3n) is 6.48. The molecule has 0 unspecified atom stereocenters. The molecule has 0 atom stereocenters. The van der Waals surface area contributed by atoms with Crippen LogP contribution in [0.5, 0.6) is 0 Å². The summed E-state index contributed by atoms with van der Waals surface area (Å²) in [5, 5.41) is 9.93. The molecule has 37 heavy (non-hydrogen) atoms. The number of H-pyrrole nitrogens is 1. The van der Waals surface area contributed by atoms with Crippen molar-refractivity contribution in [3.8, 4) is 17.2 Å². The maximum Gasteiger partial charge on any atom is 0.250 e. The van der Waals surface area contributed by atoms with Gasteiger partial charge in [0.1, 0.15) is 6.07 Å². The van der Waals surface area contributed by atoms with Crippen molar-refractivity contribution < 1.29 is 13.2 Å². The van der Waals surface area contributed by atoms with Crippen LogP contribution in [0.15, 0.2) is 60.8 Å². The van der Waals surface area contributed by atoms with Crippen LogP contribution in [0, 0.1) is 11.3 Å². The highest BCUT2D eigenvalue weighted by molar-refractivity contribution is 7.88. The summed E-state index contributed by atoms with van der Waals surface area (Å²) in [6, 6.07) is 17.4. The van der Waals surface area contributed by atoms with E-state index >= 15 is 0 Å². The second kappa shape index (κ2) is 9.61. The minimum atomic E-state index is -3.25. The summed E-state index contributed by atoms with van der Waals surface area (Å²) < 4.78 is 25.2. The minimum Gasteiger partial charge on any atom is -0.366 e. The minimum absolute atomic E-state index is 0.133. The van der Waals surface area contributed by atoms with Gasteiger partial charge in [0.05, 0.1) is 17.3 Å². The van der Waals surface area contributed by atoms with E-state index in [0.29, 0.717) is 37.0 Å². The van der Waals surface area contributed by atoms with Gasteiger partial charge in [0.2, 0.25) is 15.8 Å². The highest BCUT2D eigenvalue weighted by Crippen LogP contribution is 2.35. The topological polar surface area (TPSA) is 146 Å². The van der Waals surface area contributed by atoms with Gasteiger partial charge in [-0.2, -0.15) is 9.57 Å². The van der Waals surface area contributed by atoms with Gasteiger partial charge in [0, 0.05) is 42.5 Å². The van der Waals surface area contributed by atoms with Crippen LogP contribution in [0.2, 0.25) is 0 Å². The summed E-state index contributed by atoms with van der Waals surface area (Å²) in [6.07, 6.45) is 5.78. The fourth-order valence-corrected chi connectivity index (χ4v) is 5.42. The lowest BCUT2D eigenvalue weighted by molar-refractivity contribution is 0.100. The molecule has 0 fully saturated rings. The Balaban J connectivity index is 1.54. The third kappa shape index (κ3) is 5.00. The van der Waals surface area contributed by atoms with Gasteiger partial charge < -0.3 is 10.7 Å². The van der Waals surface area contributed by atoms with E-state index in [-0.39, 0.29) is 5.82 Å². The van der Waals surface area contributed by atoms with Crippen molar-refractivity contribution in [2.24, 2.45) is 5.73 Å². The molecule has 4 aromatic rings. The zero-order valence-corrected chi connectivity index (χ0v) is 20.9. The van der Waals surface area contributed by atoms with Crippen LogP contribution in [-0.2, 0) is 16.4 Å². The number of nitrogens with one attached hydrogen (secondary N) is 1. The Hall–Kier alpha value is -4.33. The number of nitrogens with two attached hydrogens (primary N) is 1. The molecule has 2 aromatic heterocycles. The SMILES string of the molecule is CS(=O)(=O)N1CC=C(c2cc3c(-c4cccc(Cc5ccnc(C#N)n5)c4)ccc(C(N)=O)c3[nH]2)CC1. The molecular formula is C27H24N6O3S. The second-order valence-electron chi connectivity index (χ2n) is 8.96. The quantitative estimate of drug-likeness (QED) is 0.406. The first-order chi connectivity index (χ1) is 17.7.